The van der Waals surface area contributed by atoms with Crippen LogP contribution in [0.2, 0.25) is 0 Å². The van der Waals surface area contributed by atoms with Gasteiger partial charge in [-0.05, 0) is 43.2 Å². The number of aryl methyl sites for hydroxylation is 1. The average Bonchev–Trinajstić information content (AvgIpc) is 3.11. The van der Waals surface area contributed by atoms with E-state index < -0.39 is 21.5 Å². The fourth-order valence-electron chi connectivity index (χ4n) is 4.01. The molecule has 174 valence electrons. The number of nitrogens with zero attached hydrogens (tertiary/aromatic N) is 2. The fourth-order valence-corrected chi connectivity index (χ4v) is 5.57. The number of aromatic nitrogens is 2. The van der Waals surface area contributed by atoms with E-state index in [4.69, 9.17) is 0 Å². The largest absolute Gasteiger partial charge is 0.326 e. The first-order chi connectivity index (χ1) is 15.9. The zero-order chi connectivity index (χ0) is 23.4. The topological polar surface area (TPSA) is 121 Å². The Labute approximate surface area is 191 Å². The lowest BCUT2D eigenvalue weighted by Crippen LogP contribution is -2.32. The number of amides is 1. The lowest BCUT2D eigenvalue weighted by Gasteiger charge is -2.20. The molecule has 0 unspecified atom stereocenters. The molecule has 2 aromatic carbocycles. The number of rotatable bonds is 6. The summed E-state index contributed by atoms with van der Waals surface area (Å²) in [6, 6.07) is 12.7. The summed E-state index contributed by atoms with van der Waals surface area (Å²) in [4.78, 5) is 37.4. The van der Waals surface area contributed by atoms with Crippen LogP contribution in [0.15, 0.2) is 63.0 Å². The van der Waals surface area contributed by atoms with E-state index in [1.807, 2.05) is 0 Å². The quantitative estimate of drug-likeness (QED) is 0.573. The Hall–Kier alpha value is -3.24. The van der Waals surface area contributed by atoms with Gasteiger partial charge in [0.05, 0.1) is 22.2 Å². The number of benzene rings is 2. The minimum Gasteiger partial charge on any atom is -0.326 e. The lowest BCUT2D eigenvalue weighted by atomic mass is 10.2. The predicted octanol–water partition coefficient (Wildman–Crippen LogP) is 2.28. The van der Waals surface area contributed by atoms with Crippen LogP contribution in [0.3, 0.4) is 0 Å². The van der Waals surface area contributed by atoms with Crippen molar-refractivity contribution in [1.29, 1.82) is 0 Å². The van der Waals surface area contributed by atoms with Gasteiger partial charge in [-0.15, -0.1) is 0 Å². The van der Waals surface area contributed by atoms with Crippen LogP contribution < -0.4 is 16.4 Å². The Morgan fingerprint density at radius 2 is 1.64 bits per heavy atom. The summed E-state index contributed by atoms with van der Waals surface area (Å²) in [5.41, 5.74) is -0.434. The van der Waals surface area contributed by atoms with Crippen LogP contribution in [0.5, 0.6) is 0 Å². The first-order valence-corrected chi connectivity index (χ1v) is 12.4. The summed E-state index contributed by atoms with van der Waals surface area (Å²) in [5, 5.41) is 5.76. The van der Waals surface area contributed by atoms with Crippen LogP contribution in [-0.4, -0.2) is 41.5 Å². The van der Waals surface area contributed by atoms with Crippen LogP contribution in [0.1, 0.15) is 32.1 Å². The van der Waals surface area contributed by atoms with Gasteiger partial charge in [0.1, 0.15) is 0 Å². The standard InChI is InChI=1S/C23H26N4O5S/c28-21(12-15-27-23(30)20-11-4-3-10-19(20)22(29)25-27)24-17-8-7-9-18(16-17)33(31,32)26-13-5-1-2-6-14-26/h3-4,7-11,16H,1-2,5-6,12-15H2,(H,24,28)(H,25,29). The second kappa shape index (κ2) is 9.72. The van der Waals surface area contributed by atoms with Gasteiger partial charge in [0.2, 0.25) is 15.9 Å². The van der Waals surface area contributed by atoms with Crippen molar-refractivity contribution in [2.24, 2.45) is 0 Å². The Morgan fingerprint density at radius 1 is 0.939 bits per heavy atom. The summed E-state index contributed by atoms with van der Waals surface area (Å²) in [5.74, 6) is -0.403. The summed E-state index contributed by atoms with van der Waals surface area (Å²) in [6.07, 6.45) is 3.65. The number of hydrogen-bond acceptors (Lipinski definition) is 5. The molecule has 0 bridgehead atoms. The van der Waals surface area contributed by atoms with Gasteiger partial charge in [-0.3, -0.25) is 19.5 Å². The zero-order valence-corrected chi connectivity index (χ0v) is 18.9. The van der Waals surface area contributed by atoms with Gasteiger partial charge < -0.3 is 5.32 Å². The maximum Gasteiger partial charge on any atom is 0.273 e. The van der Waals surface area contributed by atoms with Crippen molar-refractivity contribution >= 4 is 32.4 Å². The molecule has 10 heteroatoms. The summed E-state index contributed by atoms with van der Waals surface area (Å²) < 4.78 is 28.6. The van der Waals surface area contributed by atoms with Gasteiger partial charge in [-0.25, -0.2) is 13.1 Å². The molecule has 1 saturated heterocycles. The van der Waals surface area contributed by atoms with Crippen molar-refractivity contribution in [3.63, 3.8) is 0 Å². The van der Waals surface area contributed by atoms with Crippen LogP contribution in [0.25, 0.3) is 10.8 Å². The van der Waals surface area contributed by atoms with Crippen molar-refractivity contribution in [3.8, 4) is 0 Å². The molecular weight excluding hydrogens is 444 g/mol. The number of aromatic amines is 1. The number of sulfonamides is 1. The Morgan fingerprint density at radius 3 is 2.36 bits per heavy atom. The van der Waals surface area contributed by atoms with E-state index in [2.05, 4.69) is 10.4 Å². The molecule has 1 amide bonds. The number of carbonyl (C=O) groups is 1. The molecule has 1 fully saturated rings. The third-order valence-corrected chi connectivity index (χ3v) is 7.66. The number of H-pyrrole nitrogens is 1. The Kier molecular flexibility index (Phi) is 6.75. The van der Waals surface area contributed by atoms with Gasteiger partial charge in [0.25, 0.3) is 11.1 Å². The van der Waals surface area contributed by atoms with Gasteiger partial charge >= 0.3 is 0 Å². The molecule has 0 atom stereocenters. The van der Waals surface area contributed by atoms with Crippen molar-refractivity contribution in [2.75, 3.05) is 18.4 Å². The highest BCUT2D eigenvalue weighted by molar-refractivity contribution is 7.89. The second-order valence-corrected chi connectivity index (χ2v) is 10.0. The Bertz CT molecular complexity index is 1390. The molecule has 33 heavy (non-hydrogen) atoms. The van der Waals surface area contributed by atoms with Crippen molar-refractivity contribution in [2.45, 2.75) is 43.5 Å². The van der Waals surface area contributed by atoms with Gasteiger partial charge in [0, 0.05) is 25.2 Å². The number of fused-ring (bicyclic) bond motifs is 1. The van der Waals surface area contributed by atoms with Crippen molar-refractivity contribution in [3.05, 3.63) is 69.2 Å². The maximum atomic E-state index is 13.0. The minimum atomic E-state index is -3.63. The SMILES string of the molecule is O=C(CCn1[nH]c(=O)c2ccccc2c1=O)Nc1cccc(S(=O)(=O)N2CCCCCC2)c1. The van der Waals surface area contributed by atoms with Gasteiger partial charge in [0.15, 0.2) is 0 Å². The van der Waals surface area contributed by atoms with Crippen LogP contribution in [-0.2, 0) is 21.4 Å². The monoisotopic (exact) mass is 470 g/mol. The van der Waals surface area contributed by atoms with Gasteiger partial charge in [-0.2, -0.15) is 4.31 Å². The summed E-state index contributed by atoms with van der Waals surface area (Å²) >= 11 is 0. The molecule has 3 aromatic rings. The number of anilines is 1. The van der Waals surface area contributed by atoms with Crippen LogP contribution >= 0.6 is 0 Å². The molecule has 0 saturated carbocycles. The molecule has 2 N–H and O–H groups in total. The van der Waals surface area contributed by atoms with E-state index in [-0.39, 0.29) is 28.8 Å². The van der Waals surface area contributed by atoms with Gasteiger partial charge in [-0.1, -0.05) is 31.0 Å². The molecule has 0 spiro atoms. The molecule has 0 radical (unpaired) electrons. The highest BCUT2D eigenvalue weighted by Crippen LogP contribution is 2.22. The summed E-state index contributed by atoms with van der Waals surface area (Å²) in [6.45, 7) is 0.978. The molecular formula is C23H26N4O5S. The molecule has 1 aliphatic heterocycles. The van der Waals surface area contributed by atoms with E-state index in [1.165, 1.54) is 16.4 Å². The van der Waals surface area contributed by atoms with Crippen LogP contribution in [0.4, 0.5) is 5.69 Å². The fraction of sp³-hybridized carbons (Fsp3) is 0.348. The second-order valence-electron chi connectivity index (χ2n) is 8.09. The third kappa shape index (κ3) is 5.07. The normalized spacial score (nSPS) is 15.3. The molecule has 0 aliphatic carbocycles. The average molecular weight is 471 g/mol. The first-order valence-electron chi connectivity index (χ1n) is 11.0. The highest BCUT2D eigenvalue weighted by atomic mass is 32.2. The molecule has 1 aromatic heterocycles. The first kappa shape index (κ1) is 22.9. The van der Waals surface area contributed by atoms with E-state index in [9.17, 15) is 22.8 Å². The molecule has 2 heterocycles. The zero-order valence-electron chi connectivity index (χ0n) is 18.1. The number of hydrogen-bond donors (Lipinski definition) is 2. The minimum absolute atomic E-state index is 0.0174. The van der Waals surface area contributed by atoms with Crippen molar-refractivity contribution in [1.82, 2.24) is 14.1 Å². The molecule has 4 rings (SSSR count). The van der Waals surface area contributed by atoms with E-state index in [1.54, 1.807) is 36.4 Å². The third-order valence-electron chi connectivity index (χ3n) is 5.77. The number of nitrogens with one attached hydrogen (secondary N) is 2. The van der Waals surface area contributed by atoms with E-state index in [0.717, 1.165) is 30.4 Å². The summed E-state index contributed by atoms with van der Waals surface area (Å²) in [7, 11) is -3.63. The predicted molar refractivity (Wildman–Crippen MR) is 126 cm³/mol. The number of carbonyl (C=O) groups excluding carboxylic acids is 1. The van der Waals surface area contributed by atoms with Crippen LogP contribution in [0, 0.1) is 0 Å². The maximum absolute atomic E-state index is 13.0. The van der Waals surface area contributed by atoms with E-state index >= 15 is 0 Å². The van der Waals surface area contributed by atoms with Crippen molar-refractivity contribution < 1.29 is 13.2 Å². The molecule has 9 nitrogen and oxygen atoms in total. The highest BCUT2D eigenvalue weighted by Gasteiger charge is 2.25. The van der Waals surface area contributed by atoms with E-state index in [0.29, 0.717) is 24.2 Å². The molecule has 1 aliphatic rings. The smallest absolute Gasteiger partial charge is 0.273 e. The lowest BCUT2D eigenvalue weighted by molar-refractivity contribution is -0.116. The Balaban J connectivity index is 1.45.